The van der Waals surface area contributed by atoms with Gasteiger partial charge in [-0.25, -0.2) is 4.68 Å². The third-order valence-electron chi connectivity index (χ3n) is 5.25. The van der Waals surface area contributed by atoms with Crippen LogP contribution in [0.1, 0.15) is 38.6 Å². The monoisotopic (exact) mass is 358 g/mol. The van der Waals surface area contributed by atoms with Gasteiger partial charge < -0.3 is 4.90 Å². The Balaban J connectivity index is 1.74. The van der Waals surface area contributed by atoms with Gasteiger partial charge in [0, 0.05) is 13.1 Å². The average molecular weight is 358 g/mol. The van der Waals surface area contributed by atoms with E-state index in [-0.39, 0.29) is 11.5 Å². The quantitative estimate of drug-likeness (QED) is 0.708. The molecule has 0 N–H and O–H groups in total. The highest BCUT2D eigenvalue weighted by Crippen LogP contribution is 2.25. The molecule has 25 heavy (non-hydrogen) atoms. The molecule has 1 saturated heterocycles. The molecule has 0 aliphatic carbocycles. The number of aryl methyl sites for hydroxylation is 1. The first-order valence-corrected chi connectivity index (χ1v) is 9.62. The minimum Gasteiger partial charge on any atom is -0.341 e. The maximum atomic E-state index is 12.9. The molecule has 1 amide bonds. The number of carbonyl (C=O) groups is 1. The van der Waals surface area contributed by atoms with Crippen LogP contribution in [0.5, 0.6) is 0 Å². The third-order valence-corrected chi connectivity index (χ3v) is 6.10. The van der Waals surface area contributed by atoms with E-state index in [0.29, 0.717) is 11.4 Å². The summed E-state index contributed by atoms with van der Waals surface area (Å²) in [6.07, 6.45) is 2.04. The van der Waals surface area contributed by atoms with Crippen molar-refractivity contribution in [1.29, 1.82) is 0 Å². The number of hydrogen-bond donors (Lipinski definition) is 0. The highest BCUT2D eigenvalue weighted by Gasteiger charge is 2.27. The SMILES string of the molecule is Cc1nn([C@H](C)C(=O)N2CCC(C)CC2)c(=O)c2cc3sccc3n12. The highest BCUT2D eigenvalue weighted by molar-refractivity contribution is 7.17. The lowest BCUT2D eigenvalue weighted by molar-refractivity contribution is -0.136. The predicted molar refractivity (Wildman–Crippen MR) is 99.3 cm³/mol. The molecule has 4 heterocycles. The van der Waals surface area contributed by atoms with Gasteiger partial charge in [-0.05, 0) is 50.1 Å². The van der Waals surface area contributed by atoms with Gasteiger partial charge in [-0.3, -0.25) is 14.0 Å². The first-order chi connectivity index (χ1) is 12.0. The summed E-state index contributed by atoms with van der Waals surface area (Å²) in [6.45, 7) is 7.39. The Labute approximate surface area is 149 Å². The smallest absolute Gasteiger partial charge is 0.291 e. The minimum atomic E-state index is -0.586. The number of amides is 1. The topological polar surface area (TPSA) is 59.6 Å². The molecule has 0 aromatic carbocycles. The van der Waals surface area contributed by atoms with E-state index in [2.05, 4.69) is 12.0 Å². The molecule has 0 saturated carbocycles. The van der Waals surface area contributed by atoms with Gasteiger partial charge in [0.05, 0.1) is 10.2 Å². The van der Waals surface area contributed by atoms with Crippen molar-refractivity contribution in [1.82, 2.24) is 19.1 Å². The van der Waals surface area contributed by atoms with Gasteiger partial charge in [-0.15, -0.1) is 11.3 Å². The summed E-state index contributed by atoms with van der Waals surface area (Å²) in [6, 6.07) is 3.31. The largest absolute Gasteiger partial charge is 0.341 e. The van der Waals surface area contributed by atoms with Crippen LogP contribution in [0.15, 0.2) is 22.3 Å². The van der Waals surface area contributed by atoms with Crippen LogP contribution in [0.3, 0.4) is 0 Å². The van der Waals surface area contributed by atoms with E-state index in [1.807, 2.05) is 33.7 Å². The van der Waals surface area contributed by atoms with Gasteiger partial charge in [-0.1, -0.05) is 6.92 Å². The van der Waals surface area contributed by atoms with E-state index in [1.54, 1.807) is 18.3 Å². The number of likely N-dealkylation sites (tertiary alicyclic amines) is 1. The van der Waals surface area contributed by atoms with Gasteiger partial charge in [-0.2, -0.15) is 5.10 Å². The molecule has 0 bridgehead atoms. The Morgan fingerprint density at radius 1 is 1.32 bits per heavy atom. The normalized spacial score (nSPS) is 17.5. The highest BCUT2D eigenvalue weighted by atomic mass is 32.1. The minimum absolute atomic E-state index is 0.0152. The van der Waals surface area contributed by atoms with Gasteiger partial charge in [0.2, 0.25) is 5.91 Å². The van der Waals surface area contributed by atoms with E-state index in [9.17, 15) is 9.59 Å². The lowest BCUT2D eigenvalue weighted by Crippen LogP contribution is -2.44. The number of thiophene rings is 1. The van der Waals surface area contributed by atoms with E-state index in [4.69, 9.17) is 0 Å². The standard InChI is InChI=1S/C18H22N4O2S/c1-11-4-7-20(8-5-11)17(23)12(2)22-18(24)15-10-16-14(6-9-25-16)21(15)13(3)19-22/h6,9-12H,4-5,7-8H2,1-3H3/t12-/m1/s1. The van der Waals surface area contributed by atoms with Gasteiger partial charge >= 0.3 is 0 Å². The maximum Gasteiger partial charge on any atom is 0.291 e. The molecule has 132 valence electrons. The van der Waals surface area contributed by atoms with Crippen molar-refractivity contribution in [3.05, 3.63) is 33.7 Å². The van der Waals surface area contributed by atoms with Crippen LogP contribution >= 0.6 is 11.3 Å². The molecule has 0 unspecified atom stereocenters. The van der Waals surface area contributed by atoms with Crippen LogP contribution in [-0.4, -0.2) is 38.1 Å². The first kappa shape index (κ1) is 16.3. The summed E-state index contributed by atoms with van der Waals surface area (Å²) < 4.78 is 4.29. The lowest BCUT2D eigenvalue weighted by atomic mass is 9.99. The fourth-order valence-corrected chi connectivity index (χ4v) is 4.46. The summed E-state index contributed by atoms with van der Waals surface area (Å²) in [5.41, 5.74) is 1.37. The van der Waals surface area contributed by atoms with E-state index >= 15 is 0 Å². The molecule has 6 nitrogen and oxygen atoms in total. The molecule has 1 aliphatic heterocycles. The van der Waals surface area contributed by atoms with Crippen molar-refractivity contribution >= 4 is 33.0 Å². The van der Waals surface area contributed by atoms with Crippen molar-refractivity contribution in [3.63, 3.8) is 0 Å². The second-order valence-electron chi connectivity index (χ2n) is 7.02. The zero-order valence-corrected chi connectivity index (χ0v) is 15.5. The Morgan fingerprint density at radius 3 is 2.76 bits per heavy atom. The molecule has 3 aromatic rings. The van der Waals surface area contributed by atoms with Crippen molar-refractivity contribution in [2.75, 3.05) is 13.1 Å². The third kappa shape index (κ3) is 2.57. The lowest BCUT2D eigenvalue weighted by Gasteiger charge is -2.32. The fourth-order valence-electron chi connectivity index (χ4n) is 3.66. The van der Waals surface area contributed by atoms with Crippen LogP contribution in [0.2, 0.25) is 0 Å². The number of nitrogens with zero attached hydrogens (tertiary/aromatic N) is 4. The molecular weight excluding hydrogens is 336 g/mol. The Kier molecular flexibility index (Phi) is 3.91. The zero-order chi connectivity index (χ0) is 17.7. The summed E-state index contributed by atoms with van der Waals surface area (Å²) in [7, 11) is 0. The molecular formula is C18H22N4O2S. The second kappa shape index (κ2) is 5.98. The zero-order valence-electron chi connectivity index (χ0n) is 14.7. The maximum absolute atomic E-state index is 12.9. The molecule has 3 aromatic heterocycles. The second-order valence-corrected chi connectivity index (χ2v) is 7.96. The molecule has 7 heteroatoms. The molecule has 1 atom stereocenters. The van der Waals surface area contributed by atoms with Crippen LogP contribution < -0.4 is 5.56 Å². The van der Waals surface area contributed by atoms with Crippen LogP contribution in [0.25, 0.3) is 15.7 Å². The Hall–Kier alpha value is -2.15. The number of rotatable bonds is 2. The molecule has 1 aliphatic rings. The number of fused-ring (bicyclic) bond motifs is 3. The summed E-state index contributed by atoms with van der Waals surface area (Å²) in [5, 5.41) is 6.46. The first-order valence-electron chi connectivity index (χ1n) is 8.74. The number of carbonyl (C=O) groups excluding carboxylic acids is 1. The fraction of sp³-hybridized carbons (Fsp3) is 0.500. The van der Waals surface area contributed by atoms with E-state index in [0.717, 1.165) is 42.0 Å². The summed E-state index contributed by atoms with van der Waals surface area (Å²) in [5.74, 6) is 1.36. The summed E-state index contributed by atoms with van der Waals surface area (Å²) in [4.78, 5) is 27.7. The van der Waals surface area contributed by atoms with Gasteiger partial charge in [0.25, 0.3) is 5.56 Å². The van der Waals surface area contributed by atoms with Gasteiger partial charge in [0.15, 0.2) is 0 Å². The van der Waals surface area contributed by atoms with Crippen LogP contribution in [0, 0.1) is 12.8 Å². The van der Waals surface area contributed by atoms with Crippen LogP contribution in [-0.2, 0) is 4.79 Å². The van der Waals surface area contributed by atoms with Gasteiger partial charge in [0.1, 0.15) is 17.4 Å². The number of aromatic nitrogens is 3. The Morgan fingerprint density at radius 2 is 2.04 bits per heavy atom. The molecule has 1 fully saturated rings. The number of piperidine rings is 1. The van der Waals surface area contributed by atoms with E-state index < -0.39 is 6.04 Å². The molecule has 0 radical (unpaired) electrons. The average Bonchev–Trinajstić information content (AvgIpc) is 3.18. The van der Waals surface area contributed by atoms with Crippen molar-refractivity contribution in [2.45, 2.75) is 39.7 Å². The van der Waals surface area contributed by atoms with E-state index in [1.165, 1.54) is 4.68 Å². The van der Waals surface area contributed by atoms with Crippen molar-refractivity contribution < 1.29 is 4.79 Å². The van der Waals surface area contributed by atoms with Crippen molar-refractivity contribution in [2.24, 2.45) is 5.92 Å². The van der Waals surface area contributed by atoms with Crippen LogP contribution in [0.4, 0.5) is 0 Å². The molecule has 0 spiro atoms. The predicted octanol–water partition coefficient (Wildman–Crippen LogP) is 2.84. The molecule has 4 rings (SSSR count). The Bertz CT molecular complexity index is 1010. The number of hydrogen-bond acceptors (Lipinski definition) is 4. The van der Waals surface area contributed by atoms with Crippen molar-refractivity contribution in [3.8, 4) is 0 Å². The summed E-state index contributed by atoms with van der Waals surface area (Å²) >= 11 is 1.60.